The summed E-state index contributed by atoms with van der Waals surface area (Å²) in [6, 6.07) is -0.517. The number of carbonyl (C=O) groups excluding carboxylic acids is 1. The lowest BCUT2D eigenvalue weighted by Gasteiger charge is -2.15. The first-order valence-corrected chi connectivity index (χ1v) is 7.89. The molecule has 1 aliphatic heterocycles. The monoisotopic (exact) mass is 288 g/mol. The van der Waals surface area contributed by atoms with Crippen LogP contribution in [0.15, 0.2) is 0 Å². The minimum Gasteiger partial charge on any atom is -0.351 e. The van der Waals surface area contributed by atoms with Crippen molar-refractivity contribution < 1.29 is 13.2 Å². The maximum absolute atomic E-state index is 11.6. The Hall–Kier alpha value is 0.0200. The van der Waals surface area contributed by atoms with E-state index in [1.807, 2.05) is 0 Å². The number of rotatable bonds is 4. The average Bonchev–Trinajstić information content (AvgIpc) is 2.50. The Morgan fingerprint density at radius 3 is 2.69 bits per heavy atom. The SMILES string of the molecule is CC(CS(C)(=O)=O)NC(=O)C1CSCN1.Cl. The number of amides is 1. The van der Waals surface area contributed by atoms with Gasteiger partial charge in [-0.1, -0.05) is 0 Å². The van der Waals surface area contributed by atoms with E-state index in [1.54, 1.807) is 18.7 Å². The van der Waals surface area contributed by atoms with E-state index >= 15 is 0 Å². The largest absolute Gasteiger partial charge is 0.351 e. The normalized spacial score (nSPS) is 22.2. The van der Waals surface area contributed by atoms with Crippen molar-refractivity contribution in [3.63, 3.8) is 0 Å². The minimum atomic E-state index is -3.03. The van der Waals surface area contributed by atoms with E-state index in [-0.39, 0.29) is 36.2 Å². The van der Waals surface area contributed by atoms with Gasteiger partial charge in [0.05, 0.1) is 11.8 Å². The molecule has 5 nitrogen and oxygen atoms in total. The standard InChI is InChI=1S/C8H16N2O3S2.ClH/c1-6(4-15(2,12)13)10-8(11)7-3-14-5-9-7;/h6-7,9H,3-5H2,1-2H3,(H,10,11);1H. The van der Waals surface area contributed by atoms with Crippen molar-refractivity contribution in [3.8, 4) is 0 Å². The molecule has 1 heterocycles. The van der Waals surface area contributed by atoms with Crippen LogP contribution in [-0.2, 0) is 14.6 Å². The summed E-state index contributed by atoms with van der Waals surface area (Å²) in [4.78, 5) is 11.6. The fourth-order valence-corrected chi connectivity index (χ4v) is 3.34. The van der Waals surface area contributed by atoms with Crippen molar-refractivity contribution >= 4 is 39.9 Å². The highest BCUT2D eigenvalue weighted by atomic mass is 35.5. The topological polar surface area (TPSA) is 75.3 Å². The highest BCUT2D eigenvalue weighted by Crippen LogP contribution is 2.09. The summed E-state index contributed by atoms with van der Waals surface area (Å²) >= 11 is 1.66. The predicted molar refractivity (Wildman–Crippen MR) is 68.8 cm³/mol. The zero-order valence-electron chi connectivity index (χ0n) is 9.23. The molecule has 2 atom stereocenters. The molecule has 1 aliphatic rings. The molecule has 0 saturated carbocycles. The van der Waals surface area contributed by atoms with E-state index in [2.05, 4.69) is 10.6 Å². The van der Waals surface area contributed by atoms with E-state index < -0.39 is 9.84 Å². The molecular formula is C8H17ClN2O3S2. The van der Waals surface area contributed by atoms with Crippen molar-refractivity contribution in [1.82, 2.24) is 10.6 Å². The van der Waals surface area contributed by atoms with Crippen LogP contribution in [-0.4, -0.2) is 50.0 Å². The number of halogens is 1. The van der Waals surface area contributed by atoms with Crippen LogP contribution < -0.4 is 10.6 Å². The molecule has 0 radical (unpaired) electrons. The quantitative estimate of drug-likeness (QED) is 0.738. The van der Waals surface area contributed by atoms with Crippen molar-refractivity contribution in [3.05, 3.63) is 0 Å². The van der Waals surface area contributed by atoms with Crippen molar-refractivity contribution in [2.24, 2.45) is 0 Å². The summed E-state index contributed by atoms with van der Waals surface area (Å²) in [5.41, 5.74) is 0. The molecule has 0 aliphatic carbocycles. The molecular weight excluding hydrogens is 272 g/mol. The Balaban J connectivity index is 0.00000225. The summed E-state index contributed by atoms with van der Waals surface area (Å²) in [7, 11) is -3.03. The number of sulfone groups is 1. The first kappa shape index (κ1) is 16.0. The zero-order chi connectivity index (χ0) is 11.5. The van der Waals surface area contributed by atoms with Gasteiger partial charge in [0.2, 0.25) is 5.91 Å². The van der Waals surface area contributed by atoms with Crippen LogP contribution in [0.1, 0.15) is 6.92 Å². The van der Waals surface area contributed by atoms with Gasteiger partial charge in [-0.05, 0) is 6.92 Å². The van der Waals surface area contributed by atoms with Crippen LogP contribution in [0, 0.1) is 0 Å². The smallest absolute Gasteiger partial charge is 0.238 e. The van der Waals surface area contributed by atoms with Crippen LogP contribution in [0.4, 0.5) is 0 Å². The second-order valence-corrected chi connectivity index (χ2v) is 6.99. The Labute approximate surface area is 106 Å². The molecule has 0 spiro atoms. The molecule has 0 aromatic heterocycles. The van der Waals surface area contributed by atoms with Crippen LogP contribution in [0.3, 0.4) is 0 Å². The molecule has 2 unspecified atom stereocenters. The van der Waals surface area contributed by atoms with Crippen LogP contribution >= 0.6 is 24.2 Å². The first-order chi connectivity index (χ1) is 6.88. The van der Waals surface area contributed by atoms with E-state index in [0.29, 0.717) is 0 Å². The van der Waals surface area contributed by atoms with Gasteiger partial charge in [-0.3, -0.25) is 10.1 Å². The molecule has 16 heavy (non-hydrogen) atoms. The number of thioether (sulfide) groups is 1. The molecule has 1 rings (SSSR count). The lowest BCUT2D eigenvalue weighted by Crippen LogP contribution is -2.47. The zero-order valence-corrected chi connectivity index (χ0v) is 11.7. The third-order valence-electron chi connectivity index (χ3n) is 1.97. The molecule has 96 valence electrons. The van der Waals surface area contributed by atoms with E-state index in [4.69, 9.17) is 0 Å². The lowest BCUT2D eigenvalue weighted by molar-refractivity contribution is -0.122. The molecule has 1 saturated heterocycles. The highest BCUT2D eigenvalue weighted by molar-refractivity contribution is 7.99. The molecule has 0 bridgehead atoms. The fraction of sp³-hybridized carbons (Fsp3) is 0.875. The van der Waals surface area contributed by atoms with Crippen molar-refractivity contribution in [1.29, 1.82) is 0 Å². The summed E-state index contributed by atoms with van der Waals surface area (Å²) in [6.45, 7) is 1.70. The van der Waals surface area contributed by atoms with Gasteiger partial charge >= 0.3 is 0 Å². The van der Waals surface area contributed by atoms with Crippen LogP contribution in [0.5, 0.6) is 0 Å². The van der Waals surface area contributed by atoms with Gasteiger partial charge in [-0.15, -0.1) is 24.2 Å². The Morgan fingerprint density at radius 2 is 2.25 bits per heavy atom. The third kappa shape index (κ3) is 5.93. The van der Waals surface area contributed by atoms with Gasteiger partial charge in [0.1, 0.15) is 9.84 Å². The molecule has 0 aromatic rings. The Kier molecular flexibility index (Phi) is 6.69. The molecule has 2 N–H and O–H groups in total. The van der Waals surface area contributed by atoms with Gasteiger partial charge in [0.15, 0.2) is 0 Å². The van der Waals surface area contributed by atoms with Gasteiger partial charge in [0, 0.05) is 23.9 Å². The minimum absolute atomic E-state index is 0. The van der Waals surface area contributed by atoms with Gasteiger partial charge in [-0.2, -0.15) is 0 Å². The maximum Gasteiger partial charge on any atom is 0.238 e. The second-order valence-electron chi connectivity index (χ2n) is 3.77. The number of hydrogen-bond acceptors (Lipinski definition) is 5. The van der Waals surface area contributed by atoms with Crippen molar-refractivity contribution in [2.75, 3.05) is 23.6 Å². The van der Waals surface area contributed by atoms with Gasteiger partial charge < -0.3 is 5.32 Å². The Bertz CT molecular complexity index is 328. The number of carbonyl (C=O) groups is 1. The predicted octanol–water partition coefficient (Wildman–Crippen LogP) is -0.380. The average molecular weight is 289 g/mol. The molecule has 1 amide bonds. The van der Waals surface area contributed by atoms with Gasteiger partial charge in [-0.25, -0.2) is 8.42 Å². The fourth-order valence-electron chi connectivity index (χ4n) is 1.40. The summed E-state index contributed by atoms with van der Waals surface area (Å²) in [5, 5.41) is 5.71. The number of hydrogen-bond donors (Lipinski definition) is 2. The van der Waals surface area contributed by atoms with E-state index in [1.165, 1.54) is 6.26 Å². The molecule has 0 aromatic carbocycles. The summed E-state index contributed by atoms with van der Waals surface area (Å²) < 4.78 is 21.9. The van der Waals surface area contributed by atoms with E-state index in [9.17, 15) is 13.2 Å². The molecule has 1 fully saturated rings. The second kappa shape index (κ2) is 6.68. The summed E-state index contributed by atoms with van der Waals surface area (Å²) in [6.07, 6.45) is 1.17. The van der Waals surface area contributed by atoms with E-state index in [0.717, 1.165) is 11.6 Å². The van der Waals surface area contributed by atoms with Gasteiger partial charge in [0.25, 0.3) is 0 Å². The highest BCUT2D eigenvalue weighted by Gasteiger charge is 2.24. The van der Waals surface area contributed by atoms with Crippen LogP contribution in [0.25, 0.3) is 0 Å². The first-order valence-electron chi connectivity index (χ1n) is 4.68. The van der Waals surface area contributed by atoms with Crippen LogP contribution in [0.2, 0.25) is 0 Å². The number of nitrogens with one attached hydrogen (secondary N) is 2. The summed E-state index contributed by atoms with van der Waals surface area (Å²) in [5.74, 6) is 1.39. The lowest BCUT2D eigenvalue weighted by atomic mass is 10.3. The van der Waals surface area contributed by atoms with Crippen molar-refractivity contribution in [2.45, 2.75) is 19.0 Å². The molecule has 8 heteroatoms. The third-order valence-corrected chi connectivity index (χ3v) is 4.02. The Morgan fingerprint density at radius 1 is 1.62 bits per heavy atom. The maximum atomic E-state index is 11.6.